The van der Waals surface area contributed by atoms with Crippen LogP contribution in [-0.2, 0) is 4.79 Å². The SMILES string of the molecule is Cc1ccc([C@H]2CC(=O)N3CCCS[C@@H]3C2)cc1. The minimum absolute atomic E-state index is 0.351. The molecule has 2 heterocycles. The third-order valence-electron chi connectivity index (χ3n) is 3.98. The maximum atomic E-state index is 12.2. The fraction of sp³-hybridized carbons (Fsp3) is 0.533. The molecule has 2 aliphatic heterocycles. The van der Waals surface area contributed by atoms with Crippen molar-refractivity contribution in [2.75, 3.05) is 12.3 Å². The molecule has 0 aliphatic carbocycles. The van der Waals surface area contributed by atoms with Crippen LogP contribution in [0.2, 0.25) is 0 Å². The summed E-state index contributed by atoms with van der Waals surface area (Å²) in [6.45, 7) is 3.08. The predicted octanol–water partition coefficient (Wildman–Crippen LogP) is 3.16. The molecule has 3 heteroatoms. The van der Waals surface area contributed by atoms with Gasteiger partial charge >= 0.3 is 0 Å². The molecule has 2 aliphatic rings. The van der Waals surface area contributed by atoms with Crippen molar-refractivity contribution in [1.82, 2.24) is 4.90 Å². The first-order valence-electron chi connectivity index (χ1n) is 6.71. The van der Waals surface area contributed by atoms with Gasteiger partial charge in [0.15, 0.2) is 0 Å². The lowest BCUT2D eigenvalue weighted by Crippen LogP contribution is -2.47. The Morgan fingerprint density at radius 3 is 2.83 bits per heavy atom. The minimum atomic E-state index is 0.351. The van der Waals surface area contributed by atoms with Gasteiger partial charge in [-0.05, 0) is 37.0 Å². The quantitative estimate of drug-likeness (QED) is 0.774. The van der Waals surface area contributed by atoms with E-state index in [1.54, 1.807) is 0 Å². The van der Waals surface area contributed by atoms with Gasteiger partial charge in [0.25, 0.3) is 0 Å². The first kappa shape index (κ1) is 12.1. The van der Waals surface area contributed by atoms with Gasteiger partial charge in [-0.2, -0.15) is 0 Å². The minimum Gasteiger partial charge on any atom is -0.331 e. The van der Waals surface area contributed by atoms with E-state index in [4.69, 9.17) is 0 Å². The zero-order chi connectivity index (χ0) is 12.5. The van der Waals surface area contributed by atoms with Crippen LogP contribution in [0, 0.1) is 6.92 Å². The van der Waals surface area contributed by atoms with Gasteiger partial charge in [-0.15, -0.1) is 11.8 Å². The van der Waals surface area contributed by atoms with Gasteiger partial charge in [0.2, 0.25) is 5.91 Å². The van der Waals surface area contributed by atoms with Crippen molar-refractivity contribution in [2.45, 2.75) is 37.5 Å². The van der Waals surface area contributed by atoms with E-state index in [1.807, 2.05) is 11.8 Å². The molecule has 0 unspecified atom stereocenters. The second kappa shape index (κ2) is 4.96. The molecule has 0 aromatic heterocycles. The molecule has 0 bridgehead atoms. The molecular weight excluding hydrogens is 242 g/mol. The van der Waals surface area contributed by atoms with Gasteiger partial charge in [0.05, 0.1) is 5.37 Å². The van der Waals surface area contributed by atoms with Crippen molar-refractivity contribution in [2.24, 2.45) is 0 Å². The zero-order valence-electron chi connectivity index (χ0n) is 10.8. The van der Waals surface area contributed by atoms with E-state index in [0.29, 0.717) is 23.6 Å². The molecule has 0 saturated carbocycles. The van der Waals surface area contributed by atoms with E-state index in [0.717, 1.165) is 19.4 Å². The van der Waals surface area contributed by atoms with Gasteiger partial charge in [-0.3, -0.25) is 4.79 Å². The molecule has 0 N–H and O–H groups in total. The molecule has 2 saturated heterocycles. The number of aryl methyl sites for hydroxylation is 1. The van der Waals surface area contributed by atoms with E-state index in [2.05, 4.69) is 36.1 Å². The normalized spacial score (nSPS) is 28.1. The number of benzene rings is 1. The fourth-order valence-corrected chi connectivity index (χ4v) is 4.26. The predicted molar refractivity (Wildman–Crippen MR) is 75.7 cm³/mol. The number of amides is 1. The summed E-state index contributed by atoms with van der Waals surface area (Å²) in [6.07, 6.45) is 2.97. The van der Waals surface area contributed by atoms with E-state index in [9.17, 15) is 4.79 Å². The number of carbonyl (C=O) groups is 1. The summed E-state index contributed by atoms with van der Waals surface area (Å²) < 4.78 is 0. The highest BCUT2D eigenvalue weighted by Crippen LogP contribution is 2.38. The first-order chi connectivity index (χ1) is 8.74. The lowest BCUT2D eigenvalue weighted by molar-refractivity contribution is -0.135. The molecule has 1 amide bonds. The van der Waals surface area contributed by atoms with Gasteiger partial charge in [0, 0.05) is 13.0 Å². The molecule has 2 fully saturated rings. The Labute approximate surface area is 113 Å². The monoisotopic (exact) mass is 261 g/mol. The maximum Gasteiger partial charge on any atom is 0.224 e. The Balaban J connectivity index is 1.78. The summed E-state index contributed by atoms with van der Waals surface area (Å²) in [5.74, 6) is 1.98. The Morgan fingerprint density at radius 2 is 2.06 bits per heavy atom. The average Bonchev–Trinajstić information content (AvgIpc) is 2.39. The Morgan fingerprint density at radius 1 is 1.28 bits per heavy atom. The topological polar surface area (TPSA) is 20.3 Å². The number of piperidine rings is 1. The van der Waals surface area contributed by atoms with E-state index < -0.39 is 0 Å². The number of hydrogen-bond acceptors (Lipinski definition) is 2. The highest BCUT2D eigenvalue weighted by Gasteiger charge is 2.36. The largest absolute Gasteiger partial charge is 0.331 e. The van der Waals surface area contributed by atoms with Crippen LogP contribution >= 0.6 is 11.8 Å². The first-order valence-corrected chi connectivity index (χ1v) is 7.76. The second-order valence-corrected chi connectivity index (χ2v) is 6.60. The van der Waals surface area contributed by atoms with E-state index >= 15 is 0 Å². The molecule has 0 radical (unpaired) electrons. The van der Waals surface area contributed by atoms with Gasteiger partial charge in [-0.1, -0.05) is 29.8 Å². The van der Waals surface area contributed by atoms with E-state index in [-0.39, 0.29) is 0 Å². The van der Waals surface area contributed by atoms with Crippen molar-refractivity contribution in [1.29, 1.82) is 0 Å². The Kier molecular flexibility index (Phi) is 3.33. The van der Waals surface area contributed by atoms with Gasteiger partial charge in [-0.25, -0.2) is 0 Å². The van der Waals surface area contributed by atoms with Crippen LogP contribution in [0.4, 0.5) is 0 Å². The average molecular weight is 261 g/mol. The summed E-state index contributed by atoms with van der Waals surface area (Å²) >= 11 is 1.96. The van der Waals surface area contributed by atoms with Crippen molar-refractivity contribution < 1.29 is 4.79 Å². The molecule has 18 heavy (non-hydrogen) atoms. The van der Waals surface area contributed by atoms with Gasteiger partial charge in [0.1, 0.15) is 0 Å². The molecular formula is C15H19NOS. The maximum absolute atomic E-state index is 12.2. The summed E-state index contributed by atoms with van der Waals surface area (Å²) in [4.78, 5) is 14.3. The fourth-order valence-electron chi connectivity index (χ4n) is 2.92. The van der Waals surface area contributed by atoms with Gasteiger partial charge < -0.3 is 4.90 Å². The lowest BCUT2D eigenvalue weighted by Gasteiger charge is -2.41. The van der Waals surface area contributed by atoms with Crippen molar-refractivity contribution in [3.8, 4) is 0 Å². The standard InChI is InChI=1S/C15H19NOS/c1-11-3-5-12(6-4-11)13-9-14(17)16-7-2-8-18-15(16)10-13/h3-6,13,15H,2,7-10H2,1H3/t13-,15+/m0/s1. The number of thioether (sulfide) groups is 1. The van der Waals surface area contributed by atoms with Crippen molar-refractivity contribution in [3.63, 3.8) is 0 Å². The molecule has 2 nitrogen and oxygen atoms in total. The number of carbonyl (C=O) groups excluding carboxylic acids is 1. The molecule has 2 atom stereocenters. The van der Waals surface area contributed by atoms with Crippen LogP contribution in [0.1, 0.15) is 36.3 Å². The lowest BCUT2D eigenvalue weighted by atomic mass is 9.88. The highest BCUT2D eigenvalue weighted by atomic mass is 32.2. The number of rotatable bonds is 1. The summed E-state index contributed by atoms with van der Waals surface area (Å²) in [6, 6.07) is 8.69. The summed E-state index contributed by atoms with van der Waals surface area (Å²) in [5, 5.41) is 0.423. The highest BCUT2D eigenvalue weighted by molar-refractivity contribution is 7.99. The van der Waals surface area contributed by atoms with Crippen LogP contribution in [0.15, 0.2) is 24.3 Å². The third-order valence-corrected chi connectivity index (χ3v) is 5.33. The molecule has 96 valence electrons. The smallest absolute Gasteiger partial charge is 0.224 e. The molecule has 1 aromatic carbocycles. The Hall–Kier alpha value is -0.960. The van der Waals surface area contributed by atoms with E-state index in [1.165, 1.54) is 16.9 Å². The summed E-state index contributed by atoms with van der Waals surface area (Å²) in [7, 11) is 0. The Bertz CT molecular complexity index is 442. The third kappa shape index (κ3) is 2.28. The summed E-state index contributed by atoms with van der Waals surface area (Å²) in [5.41, 5.74) is 2.62. The van der Waals surface area contributed by atoms with Crippen LogP contribution < -0.4 is 0 Å². The second-order valence-electron chi connectivity index (χ2n) is 5.31. The molecule has 0 spiro atoms. The van der Waals surface area contributed by atoms with Crippen molar-refractivity contribution >= 4 is 17.7 Å². The van der Waals surface area contributed by atoms with Crippen molar-refractivity contribution in [3.05, 3.63) is 35.4 Å². The van der Waals surface area contributed by atoms with Crippen LogP contribution in [-0.4, -0.2) is 28.5 Å². The number of fused-ring (bicyclic) bond motifs is 1. The van der Waals surface area contributed by atoms with Crippen LogP contribution in [0.25, 0.3) is 0 Å². The number of hydrogen-bond donors (Lipinski definition) is 0. The van der Waals surface area contributed by atoms with Crippen LogP contribution in [0.3, 0.4) is 0 Å². The zero-order valence-corrected chi connectivity index (χ0v) is 11.6. The van der Waals surface area contributed by atoms with Crippen LogP contribution in [0.5, 0.6) is 0 Å². The number of nitrogens with zero attached hydrogens (tertiary/aromatic N) is 1. The molecule has 3 rings (SSSR count). The molecule has 1 aromatic rings.